The first-order valence-electron chi connectivity index (χ1n) is 9.24. The number of halogens is 1. The Labute approximate surface area is 173 Å². The van der Waals surface area contributed by atoms with E-state index in [0.717, 1.165) is 16.7 Å². The van der Waals surface area contributed by atoms with Crippen molar-refractivity contribution in [1.82, 2.24) is 5.01 Å². The molecule has 7 nitrogen and oxygen atoms in total. The summed E-state index contributed by atoms with van der Waals surface area (Å²) in [5, 5.41) is 8.87. The standard InChI is InChI=1S/C21H20ClN3O4/c1-12-7-15-8-18-19(29-11-28-18)9-17(15)21(24-25(12)20(27)10-22)14-3-5-16(6-4-14)23-13(2)26/h3-6,8-9,12H,7,10-11H2,1-2H3,(H,23,26). The van der Waals surface area contributed by atoms with Crippen molar-refractivity contribution in [2.24, 2.45) is 5.10 Å². The maximum absolute atomic E-state index is 12.4. The normalized spacial score (nSPS) is 17.3. The van der Waals surface area contributed by atoms with Crippen LogP contribution in [-0.2, 0) is 16.0 Å². The number of carbonyl (C=O) groups is 2. The lowest BCUT2D eigenvalue weighted by Gasteiger charge is -2.22. The molecule has 0 bridgehead atoms. The van der Waals surface area contributed by atoms with Crippen molar-refractivity contribution in [2.45, 2.75) is 26.3 Å². The van der Waals surface area contributed by atoms with Crippen LogP contribution in [0.15, 0.2) is 41.5 Å². The number of nitrogens with zero attached hydrogens (tertiary/aromatic N) is 2. The quantitative estimate of drug-likeness (QED) is 0.784. The SMILES string of the molecule is CC(=O)Nc1ccc(C2=NN(C(=O)CCl)C(C)Cc3cc4c(cc32)OCO4)cc1. The molecular formula is C21H20ClN3O4. The van der Waals surface area contributed by atoms with Gasteiger partial charge in [0, 0.05) is 23.7 Å². The third-order valence-electron chi connectivity index (χ3n) is 4.84. The highest BCUT2D eigenvalue weighted by atomic mass is 35.5. The van der Waals surface area contributed by atoms with Crippen LogP contribution < -0.4 is 14.8 Å². The average Bonchev–Trinajstić information content (AvgIpc) is 3.10. The van der Waals surface area contributed by atoms with Crippen molar-refractivity contribution in [3.8, 4) is 11.5 Å². The van der Waals surface area contributed by atoms with Crippen molar-refractivity contribution < 1.29 is 19.1 Å². The number of nitrogens with one attached hydrogen (secondary N) is 1. The molecule has 4 rings (SSSR count). The number of rotatable bonds is 3. The fraction of sp³-hybridized carbons (Fsp3) is 0.286. The van der Waals surface area contributed by atoms with Crippen LogP contribution in [0.1, 0.15) is 30.5 Å². The fourth-order valence-electron chi connectivity index (χ4n) is 3.53. The van der Waals surface area contributed by atoms with Crippen molar-refractivity contribution in [1.29, 1.82) is 0 Å². The van der Waals surface area contributed by atoms with E-state index in [1.165, 1.54) is 11.9 Å². The maximum atomic E-state index is 12.4. The van der Waals surface area contributed by atoms with Crippen LogP contribution in [0.2, 0.25) is 0 Å². The summed E-state index contributed by atoms with van der Waals surface area (Å²) >= 11 is 5.82. The lowest BCUT2D eigenvalue weighted by Crippen LogP contribution is -2.36. The van der Waals surface area contributed by atoms with Crippen LogP contribution in [0.5, 0.6) is 11.5 Å². The smallest absolute Gasteiger partial charge is 0.257 e. The van der Waals surface area contributed by atoms with E-state index in [2.05, 4.69) is 10.4 Å². The fourth-order valence-corrected chi connectivity index (χ4v) is 3.65. The van der Waals surface area contributed by atoms with Crippen molar-refractivity contribution in [3.05, 3.63) is 53.1 Å². The van der Waals surface area contributed by atoms with Gasteiger partial charge >= 0.3 is 0 Å². The summed E-state index contributed by atoms with van der Waals surface area (Å²) in [5.74, 6) is 0.779. The molecule has 150 valence electrons. The van der Waals surface area contributed by atoms with E-state index in [1.807, 2.05) is 31.2 Å². The number of fused-ring (bicyclic) bond motifs is 2. The minimum absolute atomic E-state index is 0.143. The summed E-state index contributed by atoms with van der Waals surface area (Å²) in [5.41, 5.74) is 4.01. The molecule has 0 spiro atoms. The molecule has 2 aliphatic heterocycles. The van der Waals surface area contributed by atoms with Crippen LogP contribution in [0.25, 0.3) is 0 Å². The van der Waals surface area contributed by atoms with E-state index in [0.29, 0.717) is 29.3 Å². The number of benzene rings is 2. The van der Waals surface area contributed by atoms with Crippen LogP contribution in [0, 0.1) is 0 Å². The Kier molecular flexibility index (Phi) is 5.15. The molecule has 1 unspecified atom stereocenters. The zero-order valence-corrected chi connectivity index (χ0v) is 16.8. The Hall–Kier alpha value is -3.06. The molecule has 2 aliphatic rings. The molecular weight excluding hydrogens is 394 g/mol. The first kappa shape index (κ1) is 19.3. The first-order chi connectivity index (χ1) is 14.0. The molecule has 1 atom stereocenters. The zero-order chi connectivity index (χ0) is 20.5. The van der Waals surface area contributed by atoms with Gasteiger partial charge in [-0.25, -0.2) is 5.01 Å². The number of anilines is 1. The summed E-state index contributed by atoms with van der Waals surface area (Å²) in [6.45, 7) is 3.58. The number of hydrogen-bond donors (Lipinski definition) is 1. The summed E-state index contributed by atoms with van der Waals surface area (Å²) in [7, 11) is 0. The topological polar surface area (TPSA) is 80.2 Å². The Bertz CT molecular complexity index is 1000. The predicted molar refractivity (Wildman–Crippen MR) is 110 cm³/mol. The third-order valence-corrected chi connectivity index (χ3v) is 5.07. The molecule has 2 amide bonds. The zero-order valence-electron chi connectivity index (χ0n) is 16.1. The van der Waals surface area contributed by atoms with Crippen LogP contribution in [0.4, 0.5) is 5.69 Å². The molecule has 0 aliphatic carbocycles. The minimum atomic E-state index is -0.264. The largest absolute Gasteiger partial charge is 0.454 e. The number of amides is 2. The van der Waals surface area contributed by atoms with Crippen molar-refractivity contribution in [3.63, 3.8) is 0 Å². The third kappa shape index (κ3) is 3.78. The molecule has 2 aromatic rings. The second-order valence-electron chi connectivity index (χ2n) is 6.99. The molecule has 2 heterocycles. The number of hydrazone groups is 1. The van der Waals surface area contributed by atoms with Crippen LogP contribution in [0.3, 0.4) is 0 Å². The van der Waals surface area contributed by atoms with Gasteiger partial charge in [-0.15, -0.1) is 11.6 Å². The van der Waals surface area contributed by atoms with Crippen molar-refractivity contribution in [2.75, 3.05) is 18.0 Å². The van der Waals surface area contributed by atoms with Crippen LogP contribution >= 0.6 is 11.6 Å². The Balaban J connectivity index is 1.83. The summed E-state index contributed by atoms with van der Waals surface area (Å²) in [6.07, 6.45) is 0.603. The van der Waals surface area contributed by atoms with Gasteiger partial charge in [-0.1, -0.05) is 12.1 Å². The second kappa shape index (κ2) is 7.75. The highest BCUT2D eigenvalue weighted by molar-refractivity contribution is 6.27. The number of alkyl halides is 1. The van der Waals surface area contributed by atoms with Gasteiger partial charge in [0.2, 0.25) is 12.7 Å². The van der Waals surface area contributed by atoms with E-state index in [1.54, 1.807) is 12.1 Å². The molecule has 0 aromatic heterocycles. The van der Waals surface area contributed by atoms with Gasteiger partial charge in [0.05, 0.1) is 11.8 Å². The van der Waals surface area contributed by atoms with Gasteiger partial charge in [0.15, 0.2) is 11.5 Å². The maximum Gasteiger partial charge on any atom is 0.257 e. The Morgan fingerprint density at radius 2 is 1.90 bits per heavy atom. The molecule has 0 saturated carbocycles. The van der Waals surface area contributed by atoms with E-state index in [-0.39, 0.29) is 30.5 Å². The minimum Gasteiger partial charge on any atom is -0.454 e. The van der Waals surface area contributed by atoms with Gasteiger partial charge in [-0.05, 0) is 43.2 Å². The molecule has 1 N–H and O–H groups in total. The number of hydrogen-bond acceptors (Lipinski definition) is 5. The van der Waals surface area contributed by atoms with E-state index in [9.17, 15) is 9.59 Å². The molecule has 8 heteroatoms. The molecule has 29 heavy (non-hydrogen) atoms. The number of carbonyl (C=O) groups excluding carboxylic acids is 2. The monoisotopic (exact) mass is 413 g/mol. The van der Waals surface area contributed by atoms with Crippen LogP contribution in [-0.4, -0.2) is 41.2 Å². The van der Waals surface area contributed by atoms with E-state index in [4.69, 9.17) is 21.1 Å². The highest BCUT2D eigenvalue weighted by Crippen LogP contribution is 2.37. The predicted octanol–water partition coefficient (Wildman–Crippen LogP) is 3.14. The molecule has 0 radical (unpaired) electrons. The van der Waals surface area contributed by atoms with Gasteiger partial charge in [-0.2, -0.15) is 5.10 Å². The summed E-state index contributed by atoms with van der Waals surface area (Å²) in [4.78, 5) is 23.7. The summed E-state index contributed by atoms with van der Waals surface area (Å²) < 4.78 is 11.1. The van der Waals surface area contributed by atoms with Gasteiger partial charge < -0.3 is 14.8 Å². The van der Waals surface area contributed by atoms with Gasteiger partial charge in [0.1, 0.15) is 5.88 Å². The highest BCUT2D eigenvalue weighted by Gasteiger charge is 2.29. The molecule has 0 saturated heterocycles. The second-order valence-corrected chi connectivity index (χ2v) is 7.26. The van der Waals surface area contributed by atoms with Crippen molar-refractivity contribution >= 4 is 34.8 Å². The summed E-state index contributed by atoms with van der Waals surface area (Å²) in [6, 6.07) is 11.0. The Morgan fingerprint density at radius 1 is 1.21 bits per heavy atom. The average molecular weight is 414 g/mol. The van der Waals surface area contributed by atoms with Gasteiger partial charge in [0.25, 0.3) is 5.91 Å². The van der Waals surface area contributed by atoms with Gasteiger partial charge in [-0.3, -0.25) is 9.59 Å². The first-order valence-corrected chi connectivity index (χ1v) is 9.77. The lowest BCUT2D eigenvalue weighted by atomic mass is 9.94. The van der Waals surface area contributed by atoms with E-state index >= 15 is 0 Å². The molecule has 2 aromatic carbocycles. The lowest BCUT2D eigenvalue weighted by molar-refractivity contribution is -0.130. The number of ether oxygens (including phenoxy) is 2. The van der Waals surface area contributed by atoms with E-state index < -0.39 is 0 Å². The Morgan fingerprint density at radius 3 is 2.55 bits per heavy atom. The molecule has 0 fully saturated rings.